The van der Waals surface area contributed by atoms with Crippen LogP contribution in [0.5, 0.6) is 0 Å². The fraction of sp³-hybridized carbons (Fsp3) is 1.00. The fourth-order valence-corrected chi connectivity index (χ4v) is 0. The van der Waals surface area contributed by atoms with Crippen LogP contribution < -0.4 is 51.4 Å². The van der Waals surface area contributed by atoms with Crippen LogP contribution in [0, 0.1) is 0 Å². The van der Waals surface area contributed by atoms with Gasteiger partial charge in [-0.3, -0.25) is 0 Å². The van der Waals surface area contributed by atoms with Gasteiger partial charge in [0.15, 0.2) is 0 Å². The van der Waals surface area contributed by atoms with E-state index in [1.54, 1.807) is 0 Å². The van der Waals surface area contributed by atoms with Gasteiger partial charge in [0, 0.05) is 7.11 Å². The van der Waals surface area contributed by atoms with Crippen molar-refractivity contribution in [3.05, 3.63) is 0 Å². The van der Waals surface area contributed by atoms with Gasteiger partial charge in [0.1, 0.15) is 0 Å². The molecular formula is CH5KO3V. The quantitative estimate of drug-likeness (QED) is 0.369. The molecule has 0 aliphatic heterocycles. The van der Waals surface area contributed by atoms with E-state index in [2.05, 4.69) is 0 Å². The fourth-order valence-electron chi connectivity index (χ4n) is 0. The summed E-state index contributed by atoms with van der Waals surface area (Å²) in [5, 5.41) is 7.00. The van der Waals surface area contributed by atoms with Gasteiger partial charge in [-0.25, -0.2) is 0 Å². The molecule has 0 saturated heterocycles. The molecule has 0 heterocycles. The van der Waals surface area contributed by atoms with Crippen LogP contribution in [-0.2, 0) is 23.5 Å². The summed E-state index contributed by atoms with van der Waals surface area (Å²) in [6, 6.07) is 0. The predicted molar refractivity (Wildman–Crippen MR) is 10.6 cm³/mol. The molecule has 0 radical (unpaired) electrons. The summed E-state index contributed by atoms with van der Waals surface area (Å²) in [5.74, 6) is 0. The van der Waals surface area contributed by atoms with Crippen molar-refractivity contribution >= 4 is 0 Å². The van der Waals surface area contributed by atoms with Crippen molar-refractivity contribution < 1.29 is 81.4 Å². The van der Waals surface area contributed by atoms with Crippen LogP contribution in [0.25, 0.3) is 0 Å². The van der Waals surface area contributed by atoms with Crippen LogP contribution in [0.1, 0.15) is 1.43 Å². The average molecular weight is 155 g/mol. The molecule has 3 nitrogen and oxygen atoms in total. The van der Waals surface area contributed by atoms with Crippen molar-refractivity contribution in [1.29, 1.82) is 0 Å². The molecule has 5 heteroatoms. The Balaban J connectivity index is -0.0000000105. The van der Waals surface area contributed by atoms with E-state index in [0.717, 1.165) is 7.11 Å². The van der Waals surface area contributed by atoms with Crippen molar-refractivity contribution in [3.63, 3.8) is 0 Å². The van der Waals surface area contributed by atoms with Crippen LogP contribution >= 0.6 is 0 Å². The van der Waals surface area contributed by atoms with Crippen molar-refractivity contribution in [3.8, 4) is 0 Å². The molecule has 0 aromatic heterocycles. The molecule has 0 spiro atoms. The molecule has 0 unspecified atom stereocenters. The Morgan fingerprint density at radius 1 is 1.50 bits per heavy atom. The van der Waals surface area contributed by atoms with E-state index in [9.17, 15) is 0 Å². The van der Waals surface area contributed by atoms with E-state index >= 15 is 0 Å². The molecule has 0 saturated carbocycles. The Morgan fingerprint density at radius 3 is 1.50 bits per heavy atom. The molecule has 0 rings (SSSR count). The second kappa shape index (κ2) is 29.3. The maximum atomic E-state index is 8.47. The second-order valence-corrected chi connectivity index (χ2v) is 0.307. The van der Waals surface area contributed by atoms with Gasteiger partial charge < -0.3 is 6.53 Å². The molecule has 0 aliphatic carbocycles. The van der Waals surface area contributed by atoms with Gasteiger partial charge in [0.2, 0.25) is 0 Å². The summed E-state index contributed by atoms with van der Waals surface area (Å²) in [5.41, 5.74) is 0. The Kier molecular flexibility index (Phi) is 76.4. The van der Waals surface area contributed by atoms with E-state index in [-0.39, 0.29) is 52.8 Å². The molecule has 0 aromatic rings. The third kappa shape index (κ3) is 41.7. The average Bonchev–Trinajstić information content (AvgIpc) is 1.46. The molecule has 0 aliphatic rings. The number of hydrogen-bond donors (Lipinski definition) is 1. The molecule has 0 amide bonds. The van der Waals surface area contributed by atoms with Gasteiger partial charge in [0.05, 0.1) is 0 Å². The Hall–Kier alpha value is 1.78. The summed E-state index contributed by atoms with van der Waals surface area (Å²) in [7, 11) is 1.00. The second-order valence-electron chi connectivity index (χ2n) is 0.0745. The summed E-state index contributed by atoms with van der Waals surface area (Å²) < 4.78 is 16.9. The molecule has 0 fully saturated rings. The summed E-state index contributed by atoms with van der Waals surface area (Å²) in [4.78, 5) is 0. The predicted octanol–water partition coefficient (Wildman–Crippen LogP) is -3.52. The maximum absolute atomic E-state index is 8.47. The molecule has 0 atom stereocenters. The SMILES string of the molecule is CO.[H-].[K+].[O]=[V]=[O]. The molecule has 33 valence electrons. The first kappa shape index (κ1) is 15.7. The minimum atomic E-state index is -1.81. The van der Waals surface area contributed by atoms with E-state index in [1.165, 1.54) is 0 Å². The molecule has 0 aromatic carbocycles. The van der Waals surface area contributed by atoms with Crippen LogP contribution in [0.3, 0.4) is 0 Å². The number of aliphatic hydroxyl groups is 1. The van der Waals surface area contributed by atoms with Crippen LogP contribution in [-0.4, -0.2) is 12.2 Å². The normalized spacial score (nSPS) is 2.33. The Labute approximate surface area is 86.9 Å². The standard InChI is InChI=1S/CH4O.K.2O.V.H/c1-2;;;;;/h2H,1H3;;;;;/q;+1;;;;-1. The van der Waals surface area contributed by atoms with Crippen molar-refractivity contribution in [2.75, 3.05) is 7.11 Å². The Morgan fingerprint density at radius 2 is 1.50 bits per heavy atom. The van der Waals surface area contributed by atoms with Crippen molar-refractivity contribution in [2.45, 2.75) is 0 Å². The van der Waals surface area contributed by atoms with Gasteiger partial charge >= 0.3 is 74.9 Å². The minimum absolute atomic E-state index is 0. The topological polar surface area (TPSA) is 54.4 Å². The van der Waals surface area contributed by atoms with E-state index < -0.39 is 16.2 Å². The number of hydrogen-bond acceptors (Lipinski definition) is 3. The third-order valence-electron chi connectivity index (χ3n) is 0. The monoisotopic (exact) mass is 155 g/mol. The summed E-state index contributed by atoms with van der Waals surface area (Å²) in [6.07, 6.45) is 0. The molecule has 1 N–H and O–H groups in total. The van der Waals surface area contributed by atoms with Crippen LogP contribution in [0.15, 0.2) is 0 Å². The van der Waals surface area contributed by atoms with Gasteiger partial charge in [-0.05, 0) is 0 Å². The van der Waals surface area contributed by atoms with Gasteiger partial charge in [-0.2, -0.15) is 0 Å². The molecular weight excluding hydrogens is 150 g/mol. The summed E-state index contributed by atoms with van der Waals surface area (Å²) in [6.45, 7) is 0. The van der Waals surface area contributed by atoms with Crippen LogP contribution in [0.2, 0.25) is 0 Å². The van der Waals surface area contributed by atoms with E-state index in [0.29, 0.717) is 0 Å². The molecule has 6 heavy (non-hydrogen) atoms. The van der Waals surface area contributed by atoms with E-state index in [1.807, 2.05) is 0 Å². The first-order valence-corrected chi connectivity index (χ1v) is 1.95. The zero-order valence-electron chi connectivity index (χ0n) is 4.71. The molecule has 0 bridgehead atoms. The van der Waals surface area contributed by atoms with Crippen molar-refractivity contribution in [1.82, 2.24) is 0 Å². The zero-order valence-corrected chi connectivity index (χ0v) is 8.23. The van der Waals surface area contributed by atoms with E-state index in [4.69, 9.17) is 12.5 Å². The van der Waals surface area contributed by atoms with Gasteiger partial charge in [-0.15, -0.1) is 0 Å². The van der Waals surface area contributed by atoms with Gasteiger partial charge in [-0.1, -0.05) is 0 Å². The first-order chi connectivity index (χ1) is 2.41. The summed E-state index contributed by atoms with van der Waals surface area (Å²) >= 11 is -1.81. The van der Waals surface area contributed by atoms with Gasteiger partial charge in [0.25, 0.3) is 0 Å². The third-order valence-corrected chi connectivity index (χ3v) is 0. The number of rotatable bonds is 0. The Bertz CT molecular complexity index is 35.9. The first-order valence-electron chi connectivity index (χ1n) is 0.812. The zero-order chi connectivity index (χ0) is 4.71. The van der Waals surface area contributed by atoms with Crippen molar-refractivity contribution in [2.24, 2.45) is 0 Å². The number of aliphatic hydroxyl groups excluding tert-OH is 1. The van der Waals surface area contributed by atoms with Crippen LogP contribution in [0.4, 0.5) is 0 Å².